The number of amidine groups is 1. The summed E-state index contributed by atoms with van der Waals surface area (Å²) in [5, 5.41) is 6.04. The normalized spacial score (nSPS) is 23.9. The molecule has 9 heteroatoms. The second kappa shape index (κ2) is 9.61. The highest BCUT2D eigenvalue weighted by atomic mass is 32.2. The maximum Gasteiger partial charge on any atom is 0.262 e. The number of carbonyl (C=O) groups is 3. The second-order valence-electron chi connectivity index (χ2n) is 7.75. The van der Waals surface area contributed by atoms with E-state index in [2.05, 4.69) is 20.5 Å². The summed E-state index contributed by atoms with van der Waals surface area (Å²) < 4.78 is 5.38. The average Bonchev–Trinajstić information content (AvgIpc) is 3.40. The topological polar surface area (TPSA) is 100 Å². The van der Waals surface area contributed by atoms with Gasteiger partial charge < -0.3 is 20.3 Å². The Morgan fingerprint density at radius 3 is 2.63 bits per heavy atom. The third-order valence-corrected chi connectivity index (χ3v) is 6.62. The number of likely N-dealkylation sites (tertiary alicyclic amines) is 1. The van der Waals surface area contributed by atoms with Crippen molar-refractivity contribution < 1.29 is 19.1 Å². The zero-order valence-corrected chi connectivity index (χ0v) is 17.6. The summed E-state index contributed by atoms with van der Waals surface area (Å²) in [5.74, 6) is -0.631. The van der Waals surface area contributed by atoms with Crippen LogP contribution >= 0.6 is 11.8 Å². The molecule has 0 radical (unpaired) electrons. The maximum absolute atomic E-state index is 12.4. The number of hydrogen-bond acceptors (Lipinski definition) is 6. The lowest BCUT2D eigenvalue weighted by Crippen LogP contribution is -2.40. The van der Waals surface area contributed by atoms with Crippen LogP contribution < -0.4 is 10.6 Å². The highest BCUT2D eigenvalue weighted by Gasteiger charge is 2.33. The first-order chi connectivity index (χ1) is 14.6. The molecular weight excluding hydrogens is 404 g/mol. The number of ether oxygens (including phenoxy) is 1. The van der Waals surface area contributed by atoms with Crippen LogP contribution in [0.2, 0.25) is 0 Å². The van der Waals surface area contributed by atoms with Gasteiger partial charge in [-0.1, -0.05) is 11.8 Å². The predicted octanol–water partition coefficient (Wildman–Crippen LogP) is 2.02. The van der Waals surface area contributed by atoms with Crippen molar-refractivity contribution in [2.45, 2.75) is 43.4 Å². The van der Waals surface area contributed by atoms with E-state index in [1.165, 1.54) is 11.8 Å². The molecule has 2 saturated heterocycles. The van der Waals surface area contributed by atoms with Crippen molar-refractivity contribution in [3.05, 3.63) is 29.8 Å². The molecule has 2 unspecified atom stereocenters. The van der Waals surface area contributed by atoms with E-state index in [1.54, 1.807) is 24.3 Å². The minimum Gasteiger partial charge on any atom is -0.379 e. The van der Waals surface area contributed by atoms with Crippen LogP contribution in [0.5, 0.6) is 0 Å². The summed E-state index contributed by atoms with van der Waals surface area (Å²) in [6, 6.07) is 6.79. The quantitative estimate of drug-likeness (QED) is 0.741. The number of rotatable bonds is 5. The minimum atomic E-state index is -0.469. The predicted molar refractivity (Wildman–Crippen MR) is 116 cm³/mol. The van der Waals surface area contributed by atoms with Crippen molar-refractivity contribution >= 4 is 40.3 Å². The molecule has 0 saturated carbocycles. The Bertz CT molecular complexity index is 830. The Kier molecular flexibility index (Phi) is 6.69. The molecule has 3 heterocycles. The Balaban J connectivity index is 1.25. The highest BCUT2D eigenvalue weighted by Crippen LogP contribution is 2.29. The first-order valence-corrected chi connectivity index (χ1v) is 11.3. The summed E-state index contributed by atoms with van der Waals surface area (Å²) in [4.78, 5) is 43.1. The number of nitrogens with zero attached hydrogens (tertiary/aromatic N) is 2. The van der Waals surface area contributed by atoms with Crippen molar-refractivity contribution in [1.82, 2.24) is 10.2 Å². The van der Waals surface area contributed by atoms with Gasteiger partial charge in [-0.3, -0.25) is 14.4 Å². The Labute approximate surface area is 179 Å². The van der Waals surface area contributed by atoms with Crippen molar-refractivity contribution in [2.24, 2.45) is 4.99 Å². The van der Waals surface area contributed by atoms with E-state index in [9.17, 15) is 14.4 Å². The lowest BCUT2D eigenvalue weighted by atomic mass is 10.1. The van der Waals surface area contributed by atoms with Crippen LogP contribution in [0, 0.1) is 0 Å². The molecule has 0 aromatic heterocycles. The Hall–Kier alpha value is -2.39. The summed E-state index contributed by atoms with van der Waals surface area (Å²) in [6.45, 7) is 3.13. The number of aliphatic imine (C=N–C) groups is 1. The van der Waals surface area contributed by atoms with Gasteiger partial charge in [-0.2, -0.15) is 4.99 Å². The number of thioether (sulfide) groups is 1. The van der Waals surface area contributed by atoms with Gasteiger partial charge in [0.15, 0.2) is 5.17 Å². The van der Waals surface area contributed by atoms with Crippen LogP contribution in [-0.2, 0) is 14.3 Å². The van der Waals surface area contributed by atoms with Gasteiger partial charge >= 0.3 is 0 Å². The SMILES string of the molecule is O=C(CC1SC(N2CCCC2)=NC1=O)Nc1ccc(C(=O)NC2CCCOC2)cc1. The lowest BCUT2D eigenvalue weighted by molar-refractivity contribution is -0.121. The largest absolute Gasteiger partial charge is 0.379 e. The van der Waals surface area contributed by atoms with E-state index in [-0.39, 0.29) is 30.2 Å². The first kappa shape index (κ1) is 20.9. The Morgan fingerprint density at radius 2 is 1.93 bits per heavy atom. The van der Waals surface area contributed by atoms with E-state index in [4.69, 9.17) is 4.74 Å². The molecule has 3 aliphatic heterocycles. The third-order valence-electron chi connectivity index (χ3n) is 5.40. The zero-order chi connectivity index (χ0) is 20.9. The molecule has 8 nitrogen and oxygen atoms in total. The summed E-state index contributed by atoms with van der Waals surface area (Å²) in [6.07, 6.45) is 4.17. The van der Waals surface area contributed by atoms with Gasteiger partial charge in [-0.15, -0.1) is 0 Å². The minimum absolute atomic E-state index is 0.0414. The van der Waals surface area contributed by atoms with Crippen molar-refractivity contribution in [2.75, 3.05) is 31.6 Å². The molecule has 1 aromatic carbocycles. The molecule has 3 aliphatic rings. The van der Waals surface area contributed by atoms with Gasteiger partial charge in [0.25, 0.3) is 11.8 Å². The van der Waals surface area contributed by atoms with Gasteiger partial charge in [0.2, 0.25) is 5.91 Å². The number of carbonyl (C=O) groups excluding carboxylic acids is 3. The summed E-state index contributed by atoms with van der Waals surface area (Å²) in [5.41, 5.74) is 1.12. The third kappa shape index (κ3) is 5.20. The van der Waals surface area contributed by atoms with Crippen LogP contribution in [-0.4, -0.2) is 65.4 Å². The molecule has 2 atom stereocenters. The van der Waals surface area contributed by atoms with Crippen LogP contribution in [0.15, 0.2) is 29.3 Å². The zero-order valence-electron chi connectivity index (χ0n) is 16.8. The fourth-order valence-electron chi connectivity index (χ4n) is 3.76. The van der Waals surface area contributed by atoms with Gasteiger partial charge in [-0.25, -0.2) is 0 Å². The standard InChI is InChI=1S/C21H26N4O4S/c26-18(12-17-20(28)24-21(30-17)25-9-1-2-10-25)22-15-7-5-14(6-8-15)19(27)23-16-4-3-11-29-13-16/h5-8,16-17H,1-4,9-13H2,(H,22,26)(H,23,27). The number of nitrogens with one attached hydrogen (secondary N) is 2. The van der Waals surface area contributed by atoms with E-state index < -0.39 is 5.25 Å². The van der Waals surface area contributed by atoms with E-state index in [0.717, 1.165) is 50.5 Å². The number of anilines is 1. The average molecular weight is 431 g/mol. The number of benzene rings is 1. The smallest absolute Gasteiger partial charge is 0.262 e. The number of amides is 3. The highest BCUT2D eigenvalue weighted by molar-refractivity contribution is 8.15. The molecule has 0 spiro atoms. The molecule has 3 amide bonds. The monoisotopic (exact) mass is 430 g/mol. The van der Waals surface area contributed by atoms with E-state index >= 15 is 0 Å². The van der Waals surface area contributed by atoms with Crippen LogP contribution in [0.1, 0.15) is 42.5 Å². The lowest BCUT2D eigenvalue weighted by Gasteiger charge is -2.23. The fraction of sp³-hybridized carbons (Fsp3) is 0.524. The maximum atomic E-state index is 12.4. The summed E-state index contributed by atoms with van der Waals surface area (Å²) >= 11 is 1.38. The van der Waals surface area contributed by atoms with Gasteiger partial charge in [0.1, 0.15) is 5.25 Å². The molecule has 0 bridgehead atoms. The first-order valence-electron chi connectivity index (χ1n) is 10.4. The van der Waals surface area contributed by atoms with Crippen LogP contribution in [0.4, 0.5) is 5.69 Å². The molecule has 30 heavy (non-hydrogen) atoms. The molecule has 1 aromatic rings. The van der Waals surface area contributed by atoms with Gasteiger partial charge in [-0.05, 0) is 49.9 Å². The molecular formula is C21H26N4O4S. The second-order valence-corrected chi connectivity index (χ2v) is 8.92. The van der Waals surface area contributed by atoms with Crippen molar-refractivity contribution in [1.29, 1.82) is 0 Å². The van der Waals surface area contributed by atoms with E-state index in [1.807, 2.05) is 0 Å². The van der Waals surface area contributed by atoms with Crippen molar-refractivity contribution in [3.8, 4) is 0 Å². The molecule has 0 aliphatic carbocycles. The molecule has 4 rings (SSSR count). The summed E-state index contributed by atoms with van der Waals surface area (Å²) in [7, 11) is 0. The van der Waals surface area contributed by atoms with Gasteiger partial charge in [0.05, 0.1) is 12.6 Å². The van der Waals surface area contributed by atoms with Crippen molar-refractivity contribution in [3.63, 3.8) is 0 Å². The fourth-order valence-corrected chi connectivity index (χ4v) is 4.88. The molecule has 2 N–H and O–H groups in total. The van der Waals surface area contributed by atoms with Crippen LogP contribution in [0.3, 0.4) is 0 Å². The molecule has 2 fully saturated rings. The van der Waals surface area contributed by atoms with Crippen LogP contribution in [0.25, 0.3) is 0 Å². The number of hydrogen-bond donors (Lipinski definition) is 2. The Morgan fingerprint density at radius 1 is 1.17 bits per heavy atom. The van der Waals surface area contributed by atoms with Gasteiger partial charge in [0, 0.05) is 37.4 Å². The molecule has 160 valence electrons. The van der Waals surface area contributed by atoms with E-state index in [0.29, 0.717) is 17.9 Å².